The van der Waals surface area contributed by atoms with Crippen LogP contribution in [-0.4, -0.2) is 11.7 Å². The van der Waals surface area contributed by atoms with Gasteiger partial charge in [0.25, 0.3) is 0 Å². The molecule has 0 aliphatic carbocycles. The molecule has 0 aliphatic heterocycles. The van der Waals surface area contributed by atoms with Crippen LogP contribution in [0.15, 0.2) is 35.0 Å². The van der Waals surface area contributed by atoms with Crippen LogP contribution in [0.1, 0.15) is 17.2 Å². The fraction of sp³-hybridized carbons (Fsp3) is 0.231. The van der Waals surface area contributed by atoms with E-state index >= 15 is 0 Å². The Bertz CT molecular complexity index is 482. The van der Waals surface area contributed by atoms with Gasteiger partial charge in [-0.15, -0.1) is 0 Å². The van der Waals surface area contributed by atoms with E-state index in [1.165, 1.54) is 0 Å². The van der Waals surface area contributed by atoms with E-state index in [2.05, 4.69) is 5.32 Å². The maximum Gasteiger partial charge on any atom is 0.0970 e. The topological polar surface area (TPSA) is 58.3 Å². The molecule has 2 aromatic rings. The zero-order chi connectivity index (χ0) is 12.3. The van der Waals surface area contributed by atoms with Crippen LogP contribution >= 0.6 is 11.3 Å². The molecule has 2 rings (SSSR count). The summed E-state index contributed by atoms with van der Waals surface area (Å²) in [6, 6.07) is 7.66. The van der Waals surface area contributed by atoms with Crippen molar-refractivity contribution in [1.82, 2.24) is 0 Å². The van der Waals surface area contributed by atoms with Crippen LogP contribution in [0.4, 0.5) is 11.4 Å². The molecule has 0 radical (unpaired) electrons. The van der Waals surface area contributed by atoms with E-state index in [1.807, 2.05) is 41.9 Å². The van der Waals surface area contributed by atoms with E-state index in [1.54, 1.807) is 11.3 Å². The third-order valence-corrected chi connectivity index (χ3v) is 3.38. The largest absolute Gasteiger partial charge is 0.399 e. The van der Waals surface area contributed by atoms with Gasteiger partial charge in [-0.25, -0.2) is 0 Å². The van der Waals surface area contributed by atoms with E-state index in [9.17, 15) is 5.11 Å². The fourth-order valence-corrected chi connectivity index (χ4v) is 2.33. The first-order chi connectivity index (χ1) is 8.16. The van der Waals surface area contributed by atoms with Gasteiger partial charge in [-0.3, -0.25) is 0 Å². The van der Waals surface area contributed by atoms with Gasteiger partial charge < -0.3 is 16.2 Å². The summed E-state index contributed by atoms with van der Waals surface area (Å²) in [5.41, 5.74) is 9.49. The maximum absolute atomic E-state index is 9.94. The van der Waals surface area contributed by atoms with Gasteiger partial charge in [-0.2, -0.15) is 11.3 Å². The van der Waals surface area contributed by atoms with Gasteiger partial charge >= 0.3 is 0 Å². The van der Waals surface area contributed by atoms with Crippen molar-refractivity contribution in [2.45, 2.75) is 13.0 Å². The maximum atomic E-state index is 9.94. The minimum atomic E-state index is -0.484. The Morgan fingerprint density at radius 3 is 2.94 bits per heavy atom. The summed E-state index contributed by atoms with van der Waals surface area (Å²) in [7, 11) is 0. The number of nitrogens with one attached hydrogen (secondary N) is 1. The van der Waals surface area contributed by atoms with Gasteiger partial charge in [-0.1, -0.05) is 6.07 Å². The molecule has 4 heteroatoms. The molecule has 1 aromatic carbocycles. The van der Waals surface area contributed by atoms with Crippen LogP contribution in [0.5, 0.6) is 0 Å². The lowest BCUT2D eigenvalue weighted by Crippen LogP contribution is -2.12. The predicted octanol–water partition coefficient (Wildman–Crippen LogP) is 2.78. The molecule has 0 saturated carbocycles. The van der Waals surface area contributed by atoms with E-state index in [0.29, 0.717) is 6.54 Å². The van der Waals surface area contributed by atoms with E-state index < -0.39 is 6.10 Å². The second kappa shape index (κ2) is 5.21. The molecule has 1 aromatic heterocycles. The third-order valence-electron chi connectivity index (χ3n) is 2.68. The molecule has 0 spiro atoms. The van der Waals surface area contributed by atoms with Crippen LogP contribution in [0.25, 0.3) is 0 Å². The number of aryl methyl sites for hydroxylation is 1. The van der Waals surface area contributed by atoms with Gasteiger partial charge in [-0.05, 0) is 47.0 Å². The predicted molar refractivity (Wildman–Crippen MR) is 73.4 cm³/mol. The van der Waals surface area contributed by atoms with Crippen molar-refractivity contribution >= 4 is 22.7 Å². The highest BCUT2D eigenvalue weighted by molar-refractivity contribution is 7.07. The fourth-order valence-electron chi connectivity index (χ4n) is 1.62. The molecule has 4 N–H and O–H groups in total. The van der Waals surface area contributed by atoms with Crippen molar-refractivity contribution in [2.24, 2.45) is 0 Å². The number of thiophene rings is 1. The molecular formula is C13H16N2OS. The quantitative estimate of drug-likeness (QED) is 0.729. The first kappa shape index (κ1) is 12.0. The highest BCUT2D eigenvalue weighted by atomic mass is 32.1. The Labute approximate surface area is 105 Å². The molecule has 1 atom stereocenters. The summed E-state index contributed by atoms with van der Waals surface area (Å²) in [6.07, 6.45) is -0.484. The molecule has 0 bridgehead atoms. The Morgan fingerprint density at radius 1 is 1.41 bits per heavy atom. The average Bonchev–Trinajstić information content (AvgIpc) is 2.83. The van der Waals surface area contributed by atoms with E-state index in [0.717, 1.165) is 22.5 Å². The van der Waals surface area contributed by atoms with Gasteiger partial charge in [0.15, 0.2) is 0 Å². The molecule has 0 saturated heterocycles. The molecule has 90 valence electrons. The van der Waals surface area contributed by atoms with Crippen LogP contribution < -0.4 is 11.1 Å². The van der Waals surface area contributed by atoms with Crippen molar-refractivity contribution in [3.8, 4) is 0 Å². The molecule has 1 heterocycles. The normalized spacial score (nSPS) is 12.4. The zero-order valence-corrected chi connectivity index (χ0v) is 10.5. The van der Waals surface area contributed by atoms with Crippen molar-refractivity contribution < 1.29 is 5.11 Å². The van der Waals surface area contributed by atoms with E-state index in [4.69, 9.17) is 5.73 Å². The summed E-state index contributed by atoms with van der Waals surface area (Å²) in [5.74, 6) is 0. The van der Waals surface area contributed by atoms with Crippen LogP contribution in [0.3, 0.4) is 0 Å². The summed E-state index contributed by atoms with van der Waals surface area (Å²) >= 11 is 1.59. The Kier molecular flexibility index (Phi) is 3.66. The first-order valence-corrected chi connectivity index (χ1v) is 6.41. The highest BCUT2D eigenvalue weighted by Gasteiger charge is 2.08. The van der Waals surface area contributed by atoms with Gasteiger partial charge in [0.2, 0.25) is 0 Å². The van der Waals surface area contributed by atoms with Crippen LogP contribution in [-0.2, 0) is 0 Å². The molecule has 1 unspecified atom stereocenters. The first-order valence-electron chi connectivity index (χ1n) is 5.47. The van der Waals surface area contributed by atoms with Crippen molar-refractivity contribution in [3.63, 3.8) is 0 Å². The molecule has 0 aliphatic rings. The summed E-state index contributed by atoms with van der Waals surface area (Å²) < 4.78 is 0. The minimum Gasteiger partial charge on any atom is -0.399 e. The number of benzene rings is 1. The number of anilines is 2. The second-order valence-electron chi connectivity index (χ2n) is 4.03. The smallest absolute Gasteiger partial charge is 0.0970 e. The minimum absolute atomic E-state index is 0.484. The average molecular weight is 248 g/mol. The lowest BCUT2D eigenvalue weighted by atomic mass is 10.1. The third kappa shape index (κ3) is 2.99. The number of rotatable bonds is 4. The van der Waals surface area contributed by atoms with Crippen LogP contribution in [0, 0.1) is 6.92 Å². The number of hydrogen-bond acceptors (Lipinski definition) is 4. The number of aliphatic hydroxyl groups excluding tert-OH is 1. The highest BCUT2D eigenvalue weighted by Crippen LogP contribution is 2.21. The Balaban J connectivity index is 2.00. The van der Waals surface area contributed by atoms with E-state index in [-0.39, 0.29) is 0 Å². The summed E-state index contributed by atoms with van der Waals surface area (Å²) in [6.45, 7) is 2.50. The Hall–Kier alpha value is -1.52. The Morgan fingerprint density at radius 2 is 2.24 bits per heavy atom. The SMILES string of the molecule is Cc1ccc(N)cc1NCC(O)c1ccsc1. The van der Waals surface area contributed by atoms with Gasteiger partial charge in [0.1, 0.15) is 0 Å². The lowest BCUT2D eigenvalue weighted by molar-refractivity contribution is 0.192. The van der Waals surface area contributed by atoms with Crippen molar-refractivity contribution in [3.05, 3.63) is 46.2 Å². The monoisotopic (exact) mass is 248 g/mol. The van der Waals surface area contributed by atoms with Gasteiger partial charge in [0, 0.05) is 17.9 Å². The molecule has 0 fully saturated rings. The molecular weight excluding hydrogens is 232 g/mol. The summed E-state index contributed by atoms with van der Waals surface area (Å²) in [4.78, 5) is 0. The zero-order valence-electron chi connectivity index (χ0n) is 9.68. The van der Waals surface area contributed by atoms with Crippen LogP contribution in [0.2, 0.25) is 0 Å². The number of aliphatic hydroxyl groups is 1. The molecule has 3 nitrogen and oxygen atoms in total. The second-order valence-corrected chi connectivity index (χ2v) is 4.81. The number of nitrogens with two attached hydrogens (primary N) is 1. The molecule has 17 heavy (non-hydrogen) atoms. The van der Waals surface area contributed by atoms with Gasteiger partial charge in [0.05, 0.1) is 6.10 Å². The number of nitrogen functional groups attached to an aromatic ring is 1. The van der Waals surface area contributed by atoms with Crippen molar-refractivity contribution in [1.29, 1.82) is 0 Å². The lowest BCUT2D eigenvalue weighted by Gasteiger charge is -2.14. The summed E-state index contributed by atoms with van der Waals surface area (Å²) in [5, 5.41) is 17.1. The standard InChI is InChI=1S/C13H16N2OS/c1-9-2-3-11(14)6-12(9)15-7-13(16)10-4-5-17-8-10/h2-6,8,13,15-16H,7,14H2,1H3. The molecule has 0 amide bonds. The van der Waals surface area contributed by atoms with Crippen molar-refractivity contribution in [2.75, 3.05) is 17.6 Å². The number of hydrogen-bond donors (Lipinski definition) is 3.